The summed E-state index contributed by atoms with van der Waals surface area (Å²) in [6.07, 6.45) is 0.710. The summed E-state index contributed by atoms with van der Waals surface area (Å²) in [5.41, 5.74) is 1.08. The van der Waals surface area contributed by atoms with Gasteiger partial charge in [0.1, 0.15) is 5.75 Å². The van der Waals surface area contributed by atoms with Crippen molar-refractivity contribution in [1.82, 2.24) is 0 Å². The van der Waals surface area contributed by atoms with E-state index in [-0.39, 0.29) is 41.4 Å². The Morgan fingerprint density at radius 1 is 1.28 bits per heavy atom. The Hall–Kier alpha value is -2.54. The minimum atomic E-state index is -3.56. The standard InChI is InChI=1S/C20H20N2O5S.H2S/c1-26-19-7-6-17(28(24,25)13-15-8-9-27-12-15)10-18(19)20(23)22-16-4-2-14(11-21)3-5-16;/h2-7,10,15H,8-9,12-13H2,1H3,(H,22,23);1H2/t15-;/m0./s1. The number of methoxy groups -OCH3 is 1. The van der Waals surface area contributed by atoms with E-state index in [0.717, 1.165) is 0 Å². The number of hydrogen-bond donors (Lipinski definition) is 1. The highest BCUT2D eigenvalue weighted by atomic mass is 32.2. The van der Waals surface area contributed by atoms with Gasteiger partial charge in [-0.3, -0.25) is 4.79 Å². The average molecular weight is 435 g/mol. The first kappa shape index (κ1) is 22.7. The minimum absolute atomic E-state index is 0. The van der Waals surface area contributed by atoms with Crippen LogP contribution in [0.15, 0.2) is 47.4 Å². The summed E-state index contributed by atoms with van der Waals surface area (Å²) in [6, 6.07) is 12.6. The van der Waals surface area contributed by atoms with Crippen molar-refractivity contribution < 1.29 is 22.7 Å². The number of carbonyl (C=O) groups is 1. The van der Waals surface area contributed by atoms with Gasteiger partial charge in [-0.25, -0.2) is 8.42 Å². The maximum atomic E-state index is 12.7. The van der Waals surface area contributed by atoms with E-state index in [0.29, 0.717) is 30.9 Å². The SMILES string of the molecule is COc1ccc(S(=O)(=O)C[C@H]2CCOC2)cc1C(=O)Nc1ccc(C#N)cc1.S. The van der Waals surface area contributed by atoms with Crippen molar-refractivity contribution in [3.8, 4) is 11.8 Å². The number of rotatable bonds is 6. The number of ether oxygens (including phenoxy) is 2. The number of nitrogens with zero attached hydrogens (tertiary/aromatic N) is 1. The van der Waals surface area contributed by atoms with E-state index >= 15 is 0 Å². The van der Waals surface area contributed by atoms with Crippen LogP contribution < -0.4 is 10.1 Å². The average Bonchev–Trinajstić information content (AvgIpc) is 3.20. The van der Waals surface area contributed by atoms with E-state index in [1.165, 1.54) is 25.3 Å². The fourth-order valence-corrected chi connectivity index (χ4v) is 4.65. The molecule has 2 aromatic rings. The minimum Gasteiger partial charge on any atom is -0.496 e. The van der Waals surface area contributed by atoms with E-state index in [1.807, 2.05) is 6.07 Å². The molecule has 2 aromatic carbocycles. The van der Waals surface area contributed by atoms with Crippen molar-refractivity contribution in [3.63, 3.8) is 0 Å². The van der Waals surface area contributed by atoms with Gasteiger partial charge in [-0.15, -0.1) is 0 Å². The molecule has 0 spiro atoms. The molecule has 1 aliphatic rings. The van der Waals surface area contributed by atoms with Crippen molar-refractivity contribution in [1.29, 1.82) is 5.26 Å². The van der Waals surface area contributed by atoms with E-state index in [2.05, 4.69) is 5.32 Å². The van der Waals surface area contributed by atoms with E-state index in [4.69, 9.17) is 14.7 Å². The largest absolute Gasteiger partial charge is 0.496 e. The molecule has 1 atom stereocenters. The van der Waals surface area contributed by atoms with Crippen molar-refractivity contribution >= 4 is 34.9 Å². The Kier molecular flexibility index (Phi) is 7.67. The fourth-order valence-electron chi connectivity index (χ4n) is 3.01. The van der Waals surface area contributed by atoms with Crippen LogP contribution in [0.3, 0.4) is 0 Å². The molecule has 29 heavy (non-hydrogen) atoms. The van der Waals surface area contributed by atoms with Crippen LogP contribution in [0.5, 0.6) is 5.75 Å². The molecule has 0 unspecified atom stereocenters. The van der Waals surface area contributed by atoms with Gasteiger partial charge >= 0.3 is 0 Å². The number of sulfone groups is 1. The van der Waals surface area contributed by atoms with E-state index in [1.54, 1.807) is 24.3 Å². The molecule has 1 heterocycles. The number of hydrogen-bond acceptors (Lipinski definition) is 6. The molecule has 1 fully saturated rings. The molecule has 1 aliphatic heterocycles. The van der Waals surface area contributed by atoms with Crippen LogP contribution in [0.2, 0.25) is 0 Å². The van der Waals surface area contributed by atoms with Crippen molar-refractivity contribution in [2.24, 2.45) is 5.92 Å². The zero-order chi connectivity index (χ0) is 20.1. The third-order valence-electron chi connectivity index (χ3n) is 4.53. The van der Waals surface area contributed by atoms with Crippen molar-refractivity contribution in [2.75, 3.05) is 31.4 Å². The summed E-state index contributed by atoms with van der Waals surface area (Å²) in [4.78, 5) is 12.8. The zero-order valence-electron chi connectivity index (χ0n) is 15.8. The molecule has 0 saturated carbocycles. The quantitative estimate of drug-likeness (QED) is 0.749. The van der Waals surface area contributed by atoms with Gasteiger partial charge in [0.05, 0.1) is 41.6 Å². The highest BCUT2D eigenvalue weighted by molar-refractivity contribution is 7.91. The lowest BCUT2D eigenvalue weighted by molar-refractivity contribution is 0.102. The number of amides is 1. The first-order valence-electron chi connectivity index (χ1n) is 8.73. The van der Waals surface area contributed by atoms with Crippen molar-refractivity contribution in [3.05, 3.63) is 53.6 Å². The van der Waals surface area contributed by atoms with Gasteiger partial charge in [0.25, 0.3) is 5.91 Å². The van der Waals surface area contributed by atoms with Crippen LogP contribution in [-0.2, 0) is 14.6 Å². The molecule has 0 aromatic heterocycles. The Morgan fingerprint density at radius 3 is 2.59 bits per heavy atom. The van der Waals surface area contributed by atoms with Crippen LogP contribution >= 0.6 is 13.5 Å². The molecular weight excluding hydrogens is 412 g/mol. The second-order valence-corrected chi connectivity index (χ2v) is 8.55. The summed E-state index contributed by atoms with van der Waals surface area (Å²) < 4.78 is 35.9. The molecule has 0 aliphatic carbocycles. The molecule has 0 radical (unpaired) electrons. The number of nitrogens with one attached hydrogen (secondary N) is 1. The number of carbonyl (C=O) groups excluding carboxylic acids is 1. The van der Waals surface area contributed by atoms with Crippen LogP contribution in [0.1, 0.15) is 22.3 Å². The van der Waals surface area contributed by atoms with E-state index < -0.39 is 15.7 Å². The lowest BCUT2D eigenvalue weighted by atomic mass is 10.1. The highest BCUT2D eigenvalue weighted by Crippen LogP contribution is 2.26. The summed E-state index contributed by atoms with van der Waals surface area (Å²) in [6.45, 7) is 1.00. The van der Waals surface area contributed by atoms with Gasteiger partial charge < -0.3 is 14.8 Å². The van der Waals surface area contributed by atoms with Gasteiger partial charge in [0.2, 0.25) is 0 Å². The first-order valence-corrected chi connectivity index (χ1v) is 10.4. The van der Waals surface area contributed by atoms with Crippen LogP contribution in [0.4, 0.5) is 5.69 Å². The lowest BCUT2D eigenvalue weighted by Gasteiger charge is -2.13. The fraction of sp³-hybridized carbons (Fsp3) is 0.300. The summed E-state index contributed by atoms with van der Waals surface area (Å²) in [5.74, 6) is -0.282. The molecule has 3 rings (SSSR count). The smallest absolute Gasteiger partial charge is 0.259 e. The van der Waals surface area contributed by atoms with Gasteiger partial charge in [-0.2, -0.15) is 18.8 Å². The Morgan fingerprint density at radius 2 is 2.00 bits per heavy atom. The molecule has 0 bridgehead atoms. The maximum absolute atomic E-state index is 12.7. The van der Waals surface area contributed by atoms with Crippen LogP contribution in [0.25, 0.3) is 0 Å². The van der Waals surface area contributed by atoms with Crippen LogP contribution in [-0.4, -0.2) is 40.4 Å². The third kappa shape index (κ3) is 5.50. The Labute approximate surface area is 177 Å². The molecule has 1 N–H and O–H groups in total. The van der Waals surface area contributed by atoms with Crippen LogP contribution in [0, 0.1) is 17.2 Å². The van der Waals surface area contributed by atoms with Gasteiger partial charge in [-0.1, -0.05) is 0 Å². The topological polar surface area (TPSA) is 105 Å². The number of nitriles is 1. The molecule has 1 amide bonds. The maximum Gasteiger partial charge on any atom is 0.259 e. The van der Waals surface area contributed by atoms with Gasteiger partial charge in [0.15, 0.2) is 9.84 Å². The van der Waals surface area contributed by atoms with Crippen molar-refractivity contribution in [2.45, 2.75) is 11.3 Å². The number of anilines is 1. The molecule has 9 heteroatoms. The lowest BCUT2D eigenvalue weighted by Crippen LogP contribution is -2.18. The predicted molar refractivity (Wildman–Crippen MR) is 113 cm³/mol. The highest BCUT2D eigenvalue weighted by Gasteiger charge is 2.26. The second kappa shape index (κ2) is 9.78. The van der Waals surface area contributed by atoms with Gasteiger partial charge in [0, 0.05) is 12.3 Å². The molecule has 7 nitrogen and oxygen atoms in total. The summed E-state index contributed by atoms with van der Waals surface area (Å²) in [5, 5.41) is 11.5. The third-order valence-corrected chi connectivity index (χ3v) is 6.41. The molecule has 154 valence electrons. The summed E-state index contributed by atoms with van der Waals surface area (Å²) >= 11 is 0. The Bertz CT molecular complexity index is 1010. The van der Waals surface area contributed by atoms with E-state index in [9.17, 15) is 13.2 Å². The predicted octanol–water partition coefficient (Wildman–Crippen LogP) is 2.74. The molecule has 1 saturated heterocycles. The second-order valence-electron chi connectivity index (χ2n) is 6.52. The van der Waals surface area contributed by atoms with Gasteiger partial charge in [-0.05, 0) is 54.8 Å². The monoisotopic (exact) mass is 434 g/mol. The molecular formula is C20H22N2O5S2. The first-order chi connectivity index (χ1) is 13.4. The number of benzene rings is 2. The normalized spacial score (nSPS) is 15.8. The zero-order valence-corrected chi connectivity index (χ0v) is 17.7. The summed E-state index contributed by atoms with van der Waals surface area (Å²) in [7, 11) is -2.14. The Balaban J connectivity index is 0.00000300.